The first-order valence-electron chi connectivity index (χ1n) is 6.35. The second-order valence-corrected chi connectivity index (χ2v) is 5.50. The minimum atomic E-state index is -0.347. The van der Waals surface area contributed by atoms with E-state index in [4.69, 9.17) is 18.0 Å². The summed E-state index contributed by atoms with van der Waals surface area (Å²) in [5.41, 5.74) is 6.93. The topological polar surface area (TPSA) is 58.4 Å². The summed E-state index contributed by atoms with van der Waals surface area (Å²) in [4.78, 5) is 13.7. The Morgan fingerprint density at radius 1 is 1.50 bits per heavy atom. The number of hydrogen-bond donors (Lipinski definition) is 2. The third-order valence-corrected chi connectivity index (χ3v) is 2.86. The molecule has 6 heteroatoms. The van der Waals surface area contributed by atoms with Crippen LogP contribution in [0.5, 0.6) is 0 Å². The van der Waals surface area contributed by atoms with Gasteiger partial charge in [-0.1, -0.05) is 12.2 Å². The SMILES string of the molecule is CC(C)NC(=O)CN(C)Cc1cc(F)ccc1C(N)=S. The molecule has 0 heterocycles. The Hall–Kier alpha value is -1.53. The van der Waals surface area contributed by atoms with Gasteiger partial charge in [0.1, 0.15) is 10.8 Å². The molecule has 0 radical (unpaired) electrons. The van der Waals surface area contributed by atoms with Crippen LogP contribution in [0.2, 0.25) is 0 Å². The lowest BCUT2D eigenvalue weighted by Crippen LogP contribution is -2.38. The van der Waals surface area contributed by atoms with Crippen LogP contribution in [0.4, 0.5) is 4.39 Å². The fourth-order valence-corrected chi connectivity index (χ4v) is 2.09. The zero-order valence-corrected chi connectivity index (χ0v) is 12.8. The van der Waals surface area contributed by atoms with E-state index >= 15 is 0 Å². The van der Waals surface area contributed by atoms with Crippen molar-refractivity contribution < 1.29 is 9.18 Å². The first kappa shape index (κ1) is 16.5. The summed E-state index contributed by atoms with van der Waals surface area (Å²) in [5, 5.41) is 2.80. The lowest BCUT2D eigenvalue weighted by Gasteiger charge is -2.19. The molecule has 0 aliphatic heterocycles. The summed E-state index contributed by atoms with van der Waals surface area (Å²) >= 11 is 4.95. The van der Waals surface area contributed by atoms with Crippen LogP contribution in [0, 0.1) is 5.82 Å². The Balaban J connectivity index is 2.75. The van der Waals surface area contributed by atoms with Gasteiger partial charge in [-0.25, -0.2) is 4.39 Å². The Labute approximate surface area is 124 Å². The number of carbonyl (C=O) groups is 1. The first-order valence-corrected chi connectivity index (χ1v) is 6.76. The molecule has 0 unspecified atom stereocenters. The van der Waals surface area contributed by atoms with Gasteiger partial charge in [0.25, 0.3) is 0 Å². The van der Waals surface area contributed by atoms with E-state index in [-0.39, 0.29) is 29.3 Å². The molecular formula is C14H20FN3OS. The molecule has 0 saturated heterocycles. The fourth-order valence-electron chi connectivity index (χ4n) is 1.89. The zero-order valence-electron chi connectivity index (χ0n) is 11.9. The van der Waals surface area contributed by atoms with Crippen LogP contribution in [0.25, 0.3) is 0 Å². The monoisotopic (exact) mass is 297 g/mol. The molecule has 1 aromatic carbocycles. The third kappa shape index (κ3) is 5.22. The van der Waals surface area contributed by atoms with Gasteiger partial charge in [0.05, 0.1) is 6.54 Å². The Kier molecular flexibility index (Phi) is 6.04. The van der Waals surface area contributed by atoms with Crippen LogP contribution in [-0.4, -0.2) is 35.4 Å². The molecule has 110 valence electrons. The molecule has 0 aliphatic carbocycles. The minimum Gasteiger partial charge on any atom is -0.389 e. The van der Waals surface area contributed by atoms with Crippen LogP contribution in [-0.2, 0) is 11.3 Å². The number of nitrogens with one attached hydrogen (secondary N) is 1. The maximum atomic E-state index is 13.3. The summed E-state index contributed by atoms with van der Waals surface area (Å²) in [5.74, 6) is -0.421. The summed E-state index contributed by atoms with van der Waals surface area (Å²) < 4.78 is 13.3. The van der Waals surface area contributed by atoms with E-state index < -0.39 is 0 Å². The maximum Gasteiger partial charge on any atom is 0.234 e. The van der Waals surface area contributed by atoms with E-state index in [9.17, 15) is 9.18 Å². The number of amides is 1. The van der Waals surface area contributed by atoms with E-state index in [1.54, 1.807) is 18.0 Å². The van der Waals surface area contributed by atoms with Crippen LogP contribution < -0.4 is 11.1 Å². The number of likely N-dealkylation sites (N-methyl/N-ethyl adjacent to an activating group) is 1. The van der Waals surface area contributed by atoms with E-state index in [2.05, 4.69) is 5.32 Å². The summed E-state index contributed by atoms with van der Waals surface area (Å²) in [6.07, 6.45) is 0. The standard InChI is InChI=1S/C14H20FN3OS/c1-9(2)17-13(19)8-18(3)7-10-6-11(15)4-5-12(10)14(16)20/h4-6,9H,7-8H2,1-3H3,(H2,16,20)(H,17,19). The number of thiocarbonyl (C=S) groups is 1. The molecular weight excluding hydrogens is 277 g/mol. The maximum absolute atomic E-state index is 13.3. The van der Waals surface area contributed by atoms with Gasteiger partial charge in [0, 0.05) is 18.2 Å². The van der Waals surface area contributed by atoms with E-state index in [0.717, 1.165) is 0 Å². The number of nitrogens with zero attached hydrogens (tertiary/aromatic N) is 1. The van der Waals surface area contributed by atoms with Crippen molar-refractivity contribution in [1.29, 1.82) is 0 Å². The van der Waals surface area contributed by atoms with Gasteiger partial charge >= 0.3 is 0 Å². The van der Waals surface area contributed by atoms with Gasteiger partial charge in [-0.2, -0.15) is 0 Å². The van der Waals surface area contributed by atoms with Crippen LogP contribution in [0.1, 0.15) is 25.0 Å². The second kappa shape index (κ2) is 7.31. The number of rotatable bonds is 6. The quantitative estimate of drug-likeness (QED) is 0.780. The highest BCUT2D eigenvalue weighted by Crippen LogP contribution is 2.13. The molecule has 0 bridgehead atoms. The van der Waals surface area contributed by atoms with Crippen molar-refractivity contribution in [1.82, 2.24) is 10.2 Å². The number of halogens is 1. The highest BCUT2D eigenvalue weighted by molar-refractivity contribution is 7.80. The van der Waals surface area contributed by atoms with Crippen LogP contribution in [0.3, 0.4) is 0 Å². The van der Waals surface area contributed by atoms with E-state index in [1.807, 2.05) is 13.8 Å². The summed E-state index contributed by atoms with van der Waals surface area (Å²) in [6, 6.07) is 4.38. The predicted molar refractivity (Wildman–Crippen MR) is 81.9 cm³/mol. The summed E-state index contributed by atoms with van der Waals surface area (Å²) in [6.45, 7) is 4.42. The molecule has 0 spiro atoms. The normalized spacial score (nSPS) is 10.9. The van der Waals surface area contributed by atoms with Crippen molar-refractivity contribution in [2.45, 2.75) is 26.4 Å². The van der Waals surface area contributed by atoms with Crippen molar-refractivity contribution in [3.05, 3.63) is 35.1 Å². The Morgan fingerprint density at radius 3 is 2.70 bits per heavy atom. The van der Waals surface area contributed by atoms with Gasteiger partial charge < -0.3 is 11.1 Å². The highest BCUT2D eigenvalue weighted by Gasteiger charge is 2.12. The number of benzene rings is 1. The Bertz CT molecular complexity index is 505. The molecule has 1 rings (SSSR count). The largest absolute Gasteiger partial charge is 0.389 e. The van der Waals surface area contributed by atoms with Gasteiger partial charge in [0.2, 0.25) is 5.91 Å². The average Bonchev–Trinajstić information content (AvgIpc) is 2.26. The smallest absolute Gasteiger partial charge is 0.234 e. The van der Waals surface area contributed by atoms with Crippen molar-refractivity contribution in [3.63, 3.8) is 0 Å². The van der Waals surface area contributed by atoms with Gasteiger partial charge in [-0.15, -0.1) is 0 Å². The van der Waals surface area contributed by atoms with Crippen molar-refractivity contribution in [2.75, 3.05) is 13.6 Å². The van der Waals surface area contributed by atoms with Gasteiger partial charge in [-0.3, -0.25) is 9.69 Å². The molecule has 1 amide bonds. The molecule has 1 aromatic rings. The van der Waals surface area contributed by atoms with Crippen LogP contribution >= 0.6 is 12.2 Å². The van der Waals surface area contributed by atoms with Crippen molar-refractivity contribution >= 4 is 23.1 Å². The first-order chi connectivity index (χ1) is 9.29. The number of nitrogens with two attached hydrogens (primary N) is 1. The third-order valence-electron chi connectivity index (χ3n) is 2.64. The molecule has 3 N–H and O–H groups in total. The molecule has 0 saturated carbocycles. The average molecular weight is 297 g/mol. The van der Waals surface area contributed by atoms with E-state index in [1.165, 1.54) is 12.1 Å². The lowest BCUT2D eigenvalue weighted by atomic mass is 10.1. The van der Waals surface area contributed by atoms with Gasteiger partial charge in [0.15, 0.2) is 0 Å². The lowest BCUT2D eigenvalue weighted by molar-refractivity contribution is -0.122. The predicted octanol–water partition coefficient (Wildman–Crippen LogP) is 1.42. The molecule has 0 aliphatic rings. The molecule has 0 fully saturated rings. The number of hydrogen-bond acceptors (Lipinski definition) is 3. The zero-order chi connectivity index (χ0) is 15.3. The van der Waals surface area contributed by atoms with Crippen molar-refractivity contribution in [2.24, 2.45) is 5.73 Å². The molecule has 20 heavy (non-hydrogen) atoms. The fraction of sp³-hybridized carbons (Fsp3) is 0.429. The van der Waals surface area contributed by atoms with Gasteiger partial charge in [-0.05, 0) is 44.7 Å². The molecule has 4 nitrogen and oxygen atoms in total. The highest BCUT2D eigenvalue weighted by atomic mass is 32.1. The Morgan fingerprint density at radius 2 is 2.15 bits per heavy atom. The van der Waals surface area contributed by atoms with Crippen molar-refractivity contribution in [3.8, 4) is 0 Å². The molecule has 0 aromatic heterocycles. The number of carbonyl (C=O) groups excluding carboxylic acids is 1. The minimum absolute atomic E-state index is 0.0734. The van der Waals surface area contributed by atoms with Crippen LogP contribution in [0.15, 0.2) is 18.2 Å². The molecule has 0 atom stereocenters. The second-order valence-electron chi connectivity index (χ2n) is 5.06. The van der Waals surface area contributed by atoms with E-state index in [0.29, 0.717) is 17.7 Å². The summed E-state index contributed by atoms with van der Waals surface area (Å²) in [7, 11) is 1.79.